The summed E-state index contributed by atoms with van der Waals surface area (Å²) in [5, 5.41) is 0.307. The zero-order valence-corrected chi connectivity index (χ0v) is 12.0. The van der Waals surface area contributed by atoms with Crippen LogP contribution in [0.5, 0.6) is 0 Å². The second kappa shape index (κ2) is 6.17. The summed E-state index contributed by atoms with van der Waals surface area (Å²) in [6, 6.07) is 0.389. The lowest BCUT2D eigenvalue weighted by molar-refractivity contribution is 0.372. The molecule has 0 radical (unpaired) electrons. The third-order valence-corrected chi connectivity index (χ3v) is 2.87. The van der Waals surface area contributed by atoms with Crippen LogP contribution in [0.15, 0.2) is 6.20 Å². The summed E-state index contributed by atoms with van der Waals surface area (Å²) in [5.41, 5.74) is 1.06. The van der Waals surface area contributed by atoms with Crippen molar-refractivity contribution >= 4 is 17.4 Å². The van der Waals surface area contributed by atoms with E-state index in [-0.39, 0.29) is 0 Å². The number of aryl methyl sites for hydroxylation is 1. The average molecular weight is 257 g/mol. The standard InChI is InChI=1S/C12H21ClN4/c1-6-17(10(3)8-16(4)5)11-9(2)7-14-12(13)15-11/h7,10H,6,8H2,1-5H3. The summed E-state index contributed by atoms with van der Waals surface area (Å²) < 4.78 is 0. The fourth-order valence-electron chi connectivity index (χ4n) is 2.00. The quantitative estimate of drug-likeness (QED) is 0.757. The van der Waals surface area contributed by atoms with Crippen molar-refractivity contribution in [3.8, 4) is 0 Å². The molecule has 0 aliphatic heterocycles. The number of hydrogen-bond donors (Lipinski definition) is 0. The molecule has 0 spiro atoms. The predicted octanol–water partition coefficient (Wildman–Crippen LogP) is 2.21. The van der Waals surface area contributed by atoms with Crippen LogP contribution < -0.4 is 4.90 Å². The van der Waals surface area contributed by atoms with E-state index in [9.17, 15) is 0 Å². The lowest BCUT2D eigenvalue weighted by Crippen LogP contribution is -2.41. The number of hydrogen-bond acceptors (Lipinski definition) is 4. The van der Waals surface area contributed by atoms with Crippen LogP contribution in [0, 0.1) is 6.92 Å². The Kier molecular flexibility index (Phi) is 5.15. The van der Waals surface area contributed by atoms with E-state index in [2.05, 4.69) is 47.7 Å². The first-order chi connectivity index (χ1) is 7.95. The number of nitrogens with zero attached hydrogens (tertiary/aromatic N) is 4. The highest BCUT2D eigenvalue weighted by Crippen LogP contribution is 2.20. The summed E-state index contributed by atoms with van der Waals surface area (Å²) in [4.78, 5) is 12.8. The summed E-state index contributed by atoms with van der Waals surface area (Å²) in [5.74, 6) is 0.932. The average Bonchev–Trinajstić information content (AvgIpc) is 2.23. The zero-order chi connectivity index (χ0) is 13.0. The molecule has 1 aromatic rings. The van der Waals surface area contributed by atoms with E-state index in [1.807, 2.05) is 6.92 Å². The van der Waals surface area contributed by atoms with Crippen LogP contribution in [0.25, 0.3) is 0 Å². The summed E-state index contributed by atoms with van der Waals surface area (Å²) >= 11 is 5.87. The molecule has 0 aliphatic rings. The lowest BCUT2D eigenvalue weighted by Gasteiger charge is -2.31. The zero-order valence-electron chi connectivity index (χ0n) is 11.2. The Morgan fingerprint density at radius 3 is 2.59 bits per heavy atom. The molecule has 1 unspecified atom stereocenters. The molecule has 0 N–H and O–H groups in total. The van der Waals surface area contributed by atoms with E-state index in [0.717, 1.165) is 24.5 Å². The highest BCUT2D eigenvalue weighted by atomic mass is 35.5. The van der Waals surface area contributed by atoms with Gasteiger partial charge in [0.25, 0.3) is 0 Å². The smallest absolute Gasteiger partial charge is 0.224 e. The van der Waals surface area contributed by atoms with Crippen molar-refractivity contribution < 1.29 is 0 Å². The minimum Gasteiger partial charge on any atom is -0.353 e. The van der Waals surface area contributed by atoms with Gasteiger partial charge in [-0.15, -0.1) is 0 Å². The molecular formula is C12H21ClN4. The minimum absolute atomic E-state index is 0.307. The van der Waals surface area contributed by atoms with E-state index < -0.39 is 0 Å². The fourth-order valence-corrected chi connectivity index (χ4v) is 2.13. The largest absolute Gasteiger partial charge is 0.353 e. The van der Waals surface area contributed by atoms with E-state index in [4.69, 9.17) is 11.6 Å². The van der Waals surface area contributed by atoms with Gasteiger partial charge in [0.05, 0.1) is 0 Å². The fraction of sp³-hybridized carbons (Fsp3) is 0.667. The molecule has 0 saturated heterocycles. The van der Waals surface area contributed by atoms with Gasteiger partial charge >= 0.3 is 0 Å². The lowest BCUT2D eigenvalue weighted by atomic mass is 10.2. The molecule has 0 amide bonds. The Hall–Kier alpha value is -0.870. The number of rotatable bonds is 5. The Bertz CT molecular complexity index is 368. The molecule has 96 valence electrons. The van der Waals surface area contributed by atoms with Gasteiger partial charge in [0.1, 0.15) is 5.82 Å². The molecule has 4 nitrogen and oxygen atoms in total. The second-order valence-electron chi connectivity index (χ2n) is 4.54. The summed E-state index contributed by atoms with van der Waals surface area (Å²) in [6.07, 6.45) is 1.77. The number of aromatic nitrogens is 2. The van der Waals surface area contributed by atoms with Crippen molar-refractivity contribution in [3.05, 3.63) is 17.0 Å². The van der Waals surface area contributed by atoms with Gasteiger partial charge in [-0.05, 0) is 46.5 Å². The highest BCUT2D eigenvalue weighted by Gasteiger charge is 2.17. The number of halogens is 1. The minimum atomic E-state index is 0.307. The van der Waals surface area contributed by atoms with Crippen molar-refractivity contribution in [2.24, 2.45) is 0 Å². The van der Waals surface area contributed by atoms with Crippen LogP contribution in [-0.4, -0.2) is 48.1 Å². The maximum Gasteiger partial charge on any atom is 0.224 e. The Morgan fingerprint density at radius 1 is 1.41 bits per heavy atom. The molecule has 1 heterocycles. The SMILES string of the molecule is CCN(c1nc(Cl)ncc1C)C(C)CN(C)C. The molecule has 0 saturated carbocycles. The third-order valence-electron chi connectivity index (χ3n) is 2.69. The predicted molar refractivity (Wildman–Crippen MR) is 72.8 cm³/mol. The molecule has 0 aliphatic carbocycles. The van der Waals surface area contributed by atoms with Crippen molar-refractivity contribution in [1.29, 1.82) is 0 Å². The third kappa shape index (κ3) is 3.82. The number of likely N-dealkylation sites (N-methyl/N-ethyl adjacent to an activating group) is 2. The van der Waals surface area contributed by atoms with Crippen LogP contribution >= 0.6 is 11.6 Å². The first kappa shape index (κ1) is 14.2. The van der Waals surface area contributed by atoms with Gasteiger partial charge in [0, 0.05) is 30.9 Å². The summed E-state index contributed by atoms with van der Waals surface area (Å²) in [6.45, 7) is 8.22. The normalized spacial score (nSPS) is 12.9. The van der Waals surface area contributed by atoms with Gasteiger partial charge in [-0.25, -0.2) is 9.97 Å². The van der Waals surface area contributed by atoms with Gasteiger partial charge in [-0.1, -0.05) is 0 Å². The highest BCUT2D eigenvalue weighted by molar-refractivity contribution is 6.28. The van der Waals surface area contributed by atoms with E-state index in [1.165, 1.54) is 0 Å². The first-order valence-electron chi connectivity index (χ1n) is 5.86. The van der Waals surface area contributed by atoms with Crippen molar-refractivity contribution in [2.45, 2.75) is 26.8 Å². The monoisotopic (exact) mass is 256 g/mol. The molecule has 0 aromatic carbocycles. The number of anilines is 1. The van der Waals surface area contributed by atoms with Crippen LogP contribution in [0.2, 0.25) is 5.28 Å². The summed E-state index contributed by atoms with van der Waals surface area (Å²) in [7, 11) is 4.15. The molecule has 1 aromatic heterocycles. The topological polar surface area (TPSA) is 32.3 Å². The Balaban J connectivity index is 2.96. The second-order valence-corrected chi connectivity index (χ2v) is 4.88. The van der Waals surface area contributed by atoms with E-state index >= 15 is 0 Å². The molecule has 0 bridgehead atoms. The molecule has 5 heteroatoms. The van der Waals surface area contributed by atoms with Crippen LogP contribution in [0.1, 0.15) is 19.4 Å². The maximum absolute atomic E-state index is 5.87. The Morgan fingerprint density at radius 2 is 2.06 bits per heavy atom. The van der Waals surface area contributed by atoms with Crippen LogP contribution in [0.3, 0.4) is 0 Å². The van der Waals surface area contributed by atoms with Gasteiger partial charge < -0.3 is 9.80 Å². The molecule has 1 atom stereocenters. The van der Waals surface area contributed by atoms with Gasteiger partial charge in [0.15, 0.2) is 0 Å². The molecule has 17 heavy (non-hydrogen) atoms. The van der Waals surface area contributed by atoms with Crippen molar-refractivity contribution in [3.63, 3.8) is 0 Å². The van der Waals surface area contributed by atoms with Crippen LogP contribution in [-0.2, 0) is 0 Å². The van der Waals surface area contributed by atoms with Gasteiger partial charge in [0.2, 0.25) is 5.28 Å². The van der Waals surface area contributed by atoms with Crippen LogP contribution in [0.4, 0.5) is 5.82 Å². The van der Waals surface area contributed by atoms with Crippen molar-refractivity contribution in [2.75, 3.05) is 32.1 Å². The Labute approximate surface area is 109 Å². The maximum atomic E-state index is 5.87. The van der Waals surface area contributed by atoms with E-state index in [0.29, 0.717) is 11.3 Å². The molecule has 1 rings (SSSR count). The van der Waals surface area contributed by atoms with Crippen molar-refractivity contribution in [1.82, 2.24) is 14.9 Å². The van der Waals surface area contributed by atoms with Gasteiger partial charge in [-0.2, -0.15) is 0 Å². The molecular weight excluding hydrogens is 236 g/mol. The van der Waals surface area contributed by atoms with Gasteiger partial charge in [-0.3, -0.25) is 0 Å². The first-order valence-corrected chi connectivity index (χ1v) is 6.24. The molecule has 0 fully saturated rings. The van der Waals surface area contributed by atoms with E-state index in [1.54, 1.807) is 6.20 Å².